The van der Waals surface area contributed by atoms with Crippen molar-refractivity contribution >= 4 is 11.6 Å². The molecule has 0 saturated heterocycles. The number of ether oxygens (including phenoxy) is 2. The molecule has 3 aromatic rings. The Morgan fingerprint density at radius 3 is 2.45 bits per heavy atom. The average molecular weight is 394 g/mol. The third kappa shape index (κ3) is 4.43. The van der Waals surface area contributed by atoms with Crippen molar-refractivity contribution in [3.8, 4) is 22.8 Å². The van der Waals surface area contributed by atoms with Gasteiger partial charge in [-0.15, -0.1) is 0 Å². The Balaban J connectivity index is 1.85. The highest BCUT2D eigenvalue weighted by Crippen LogP contribution is 2.24. The van der Waals surface area contributed by atoms with E-state index in [1.807, 2.05) is 0 Å². The minimum Gasteiger partial charge on any atom is -0.497 e. The fraction of sp³-hybridized carbons (Fsp3) is 0.238. The number of rotatable bonds is 7. The van der Waals surface area contributed by atoms with Gasteiger partial charge in [0.25, 0.3) is 0 Å². The maximum atomic E-state index is 12.8. The molecule has 0 saturated carbocycles. The van der Waals surface area contributed by atoms with E-state index in [9.17, 15) is 9.59 Å². The first kappa shape index (κ1) is 20.1. The number of benzene rings is 2. The van der Waals surface area contributed by atoms with Crippen molar-refractivity contribution in [2.45, 2.75) is 19.4 Å². The molecule has 1 aromatic heterocycles. The SMILES string of the molecule is CC[C@@H](C(=O)Nc1ccccc1OC)n1ncc(-c2ccc(OC)cc2)nc1=O. The molecule has 3 rings (SSSR count). The summed E-state index contributed by atoms with van der Waals surface area (Å²) in [6.07, 6.45) is 1.85. The van der Waals surface area contributed by atoms with Crippen molar-refractivity contribution < 1.29 is 14.3 Å². The zero-order chi connectivity index (χ0) is 20.8. The minimum atomic E-state index is -0.801. The maximum absolute atomic E-state index is 12.8. The van der Waals surface area contributed by atoms with Gasteiger partial charge in [-0.3, -0.25) is 4.79 Å². The quantitative estimate of drug-likeness (QED) is 0.662. The fourth-order valence-corrected chi connectivity index (χ4v) is 2.90. The smallest absolute Gasteiger partial charge is 0.365 e. The molecule has 0 fully saturated rings. The predicted molar refractivity (Wildman–Crippen MR) is 109 cm³/mol. The van der Waals surface area contributed by atoms with Crippen LogP contribution in [0.5, 0.6) is 11.5 Å². The molecular weight excluding hydrogens is 372 g/mol. The van der Waals surface area contributed by atoms with Gasteiger partial charge in [0, 0.05) is 5.56 Å². The first-order chi connectivity index (χ1) is 14.1. The van der Waals surface area contributed by atoms with Gasteiger partial charge in [0.2, 0.25) is 5.91 Å². The molecular formula is C21H22N4O4. The van der Waals surface area contributed by atoms with Crippen LogP contribution >= 0.6 is 0 Å². The molecule has 1 amide bonds. The lowest BCUT2D eigenvalue weighted by Gasteiger charge is -2.17. The second-order valence-corrected chi connectivity index (χ2v) is 6.21. The molecule has 1 atom stereocenters. The van der Waals surface area contributed by atoms with Crippen LogP contribution in [0, 0.1) is 0 Å². The highest BCUT2D eigenvalue weighted by atomic mass is 16.5. The topological polar surface area (TPSA) is 95.3 Å². The highest BCUT2D eigenvalue weighted by Gasteiger charge is 2.22. The molecule has 2 aromatic carbocycles. The van der Waals surface area contributed by atoms with Gasteiger partial charge in [-0.2, -0.15) is 10.1 Å². The van der Waals surface area contributed by atoms with E-state index >= 15 is 0 Å². The first-order valence-electron chi connectivity index (χ1n) is 9.11. The third-order valence-electron chi connectivity index (χ3n) is 4.45. The van der Waals surface area contributed by atoms with E-state index in [1.165, 1.54) is 13.3 Å². The molecule has 0 unspecified atom stereocenters. The Morgan fingerprint density at radius 2 is 1.83 bits per heavy atom. The predicted octanol–water partition coefficient (Wildman–Crippen LogP) is 2.91. The number of nitrogens with zero attached hydrogens (tertiary/aromatic N) is 3. The second kappa shape index (κ2) is 9.01. The van der Waals surface area contributed by atoms with Gasteiger partial charge in [0.15, 0.2) is 0 Å². The largest absolute Gasteiger partial charge is 0.497 e. The number of carbonyl (C=O) groups is 1. The van der Waals surface area contributed by atoms with Crippen LogP contribution in [0.1, 0.15) is 19.4 Å². The Kier molecular flexibility index (Phi) is 6.23. The molecule has 1 heterocycles. The molecule has 0 aliphatic carbocycles. The molecule has 29 heavy (non-hydrogen) atoms. The van der Waals surface area contributed by atoms with Crippen molar-refractivity contribution in [3.63, 3.8) is 0 Å². The standard InChI is InChI=1S/C21H22N4O4/c1-4-18(20(26)23-16-7-5-6-8-19(16)29-3)25-21(27)24-17(13-22-25)14-9-11-15(28-2)12-10-14/h5-13,18H,4H2,1-3H3,(H,23,26)/t18-/m0/s1. The summed E-state index contributed by atoms with van der Waals surface area (Å²) < 4.78 is 11.5. The molecule has 0 spiro atoms. The van der Waals surface area contributed by atoms with E-state index in [0.717, 1.165) is 10.2 Å². The minimum absolute atomic E-state index is 0.370. The summed E-state index contributed by atoms with van der Waals surface area (Å²) in [6.45, 7) is 1.80. The number of carbonyl (C=O) groups excluding carboxylic acids is 1. The molecule has 0 bridgehead atoms. The van der Waals surface area contributed by atoms with Gasteiger partial charge in [-0.1, -0.05) is 19.1 Å². The molecule has 0 aliphatic heterocycles. The Hall–Kier alpha value is -3.68. The van der Waals surface area contributed by atoms with Gasteiger partial charge in [0.1, 0.15) is 17.5 Å². The van der Waals surface area contributed by atoms with Gasteiger partial charge < -0.3 is 14.8 Å². The van der Waals surface area contributed by atoms with Gasteiger partial charge in [-0.05, 0) is 42.8 Å². The van der Waals surface area contributed by atoms with Crippen LogP contribution in [0.4, 0.5) is 5.69 Å². The van der Waals surface area contributed by atoms with E-state index in [0.29, 0.717) is 29.3 Å². The zero-order valence-corrected chi connectivity index (χ0v) is 16.5. The monoisotopic (exact) mass is 394 g/mol. The van der Waals surface area contributed by atoms with Crippen molar-refractivity contribution in [2.75, 3.05) is 19.5 Å². The van der Waals surface area contributed by atoms with Crippen LogP contribution in [-0.2, 0) is 4.79 Å². The number of hydrogen-bond donors (Lipinski definition) is 1. The number of aromatic nitrogens is 3. The summed E-state index contributed by atoms with van der Waals surface area (Å²) in [4.78, 5) is 29.4. The summed E-state index contributed by atoms with van der Waals surface area (Å²) in [5, 5.41) is 6.98. The lowest BCUT2D eigenvalue weighted by atomic mass is 10.1. The normalized spacial score (nSPS) is 11.6. The summed E-state index contributed by atoms with van der Waals surface area (Å²) >= 11 is 0. The molecule has 8 nitrogen and oxygen atoms in total. The van der Waals surface area contributed by atoms with E-state index in [1.54, 1.807) is 62.6 Å². The van der Waals surface area contributed by atoms with Crippen molar-refractivity contribution in [1.82, 2.24) is 14.8 Å². The molecule has 0 aliphatic rings. The Labute approximate surface area is 168 Å². The Bertz CT molecular complexity index is 1050. The molecule has 150 valence electrons. The van der Waals surface area contributed by atoms with E-state index in [2.05, 4.69) is 15.4 Å². The van der Waals surface area contributed by atoms with Gasteiger partial charge in [-0.25, -0.2) is 9.48 Å². The first-order valence-corrected chi connectivity index (χ1v) is 9.11. The molecule has 0 radical (unpaired) electrons. The average Bonchev–Trinajstić information content (AvgIpc) is 2.75. The lowest BCUT2D eigenvalue weighted by molar-refractivity contribution is -0.119. The van der Waals surface area contributed by atoms with Crippen LogP contribution < -0.4 is 20.5 Å². The highest BCUT2D eigenvalue weighted by molar-refractivity contribution is 5.94. The number of anilines is 1. The maximum Gasteiger partial charge on any atom is 0.365 e. The number of methoxy groups -OCH3 is 2. The summed E-state index contributed by atoms with van der Waals surface area (Å²) in [7, 11) is 3.10. The molecule has 1 N–H and O–H groups in total. The third-order valence-corrected chi connectivity index (χ3v) is 4.45. The van der Waals surface area contributed by atoms with Crippen LogP contribution in [0.3, 0.4) is 0 Å². The fourth-order valence-electron chi connectivity index (χ4n) is 2.90. The van der Waals surface area contributed by atoms with Crippen molar-refractivity contribution in [2.24, 2.45) is 0 Å². The van der Waals surface area contributed by atoms with Gasteiger partial charge in [0.05, 0.1) is 31.8 Å². The van der Waals surface area contributed by atoms with E-state index < -0.39 is 11.7 Å². The van der Waals surface area contributed by atoms with E-state index in [-0.39, 0.29) is 5.91 Å². The van der Waals surface area contributed by atoms with Crippen LogP contribution in [0.15, 0.2) is 59.5 Å². The van der Waals surface area contributed by atoms with Crippen molar-refractivity contribution in [1.29, 1.82) is 0 Å². The van der Waals surface area contributed by atoms with Crippen LogP contribution in [-0.4, -0.2) is 34.9 Å². The van der Waals surface area contributed by atoms with Gasteiger partial charge >= 0.3 is 5.69 Å². The lowest BCUT2D eigenvalue weighted by Crippen LogP contribution is -2.36. The number of nitrogens with one attached hydrogen (secondary N) is 1. The number of para-hydroxylation sites is 2. The number of amides is 1. The van der Waals surface area contributed by atoms with Crippen molar-refractivity contribution in [3.05, 3.63) is 65.2 Å². The van der Waals surface area contributed by atoms with Crippen LogP contribution in [0.2, 0.25) is 0 Å². The summed E-state index contributed by atoms with van der Waals surface area (Å²) in [6, 6.07) is 13.4. The summed E-state index contributed by atoms with van der Waals surface area (Å²) in [5.41, 5.74) is 1.08. The zero-order valence-electron chi connectivity index (χ0n) is 16.5. The van der Waals surface area contributed by atoms with E-state index in [4.69, 9.17) is 9.47 Å². The Morgan fingerprint density at radius 1 is 1.10 bits per heavy atom. The molecule has 8 heteroatoms. The van der Waals surface area contributed by atoms with Crippen LogP contribution in [0.25, 0.3) is 11.3 Å². The summed E-state index contributed by atoms with van der Waals surface area (Å²) in [5.74, 6) is 0.865. The second-order valence-electron chi connectivity index (χ2n) is 6.21. The number of hydrogen-bond acceptors (Lipinski definition) is 6.